The fraction of sp³-hybridized carbons (Fsp3) is 0.259. The molecule has 1 N–H and O–H groups in total. The van der Waals surface area contributed by atoms with Crippen molar-refractivity contribution in [3.8, 4) is 11.5 Å². The van der Waals surface area contributed by atoms with Gasteiger partial charge in [-0.25, -0.2) is 0 Å². The van der Waals surface area contributed by atoms with Crippen LogP contribution in [0.1, 0.15) is 40.6 Å². The molecular weight excluding hydrogens is 521 g/mol. The van der Waals surface area contributed by atoms with E-state index in [1.165, 1.54) is 22.4 Å². The van der Waals surface area contributed by atoms with Crippen LogP contribution in [0.3, 0.4) is 0 Å². The Morgan fingerprint density at radius 2 is 1.97 bits per heavy atom. The predicted octanol–water partition coefficient (Wildman–Crippen LogP) is 8.48. The second-order valence-electron chi connectivity index (χ2n) is 8.57. The lowest BCUT2D eigenvalue weighted by Gasteiger charge is -2.38. The van der Waals surface area contributed by atoms with Gasteiger partial charge in [0.25, 0.3) is 0 Å². The summed E-state index contributed by atoms with van der Waals surface area (Å²) in [6.45, 7) is 2.48. The quantitative estimate of drug-likeness (QED) is 0.327. The molecule has 0 saturated carbocycles. The van der Waals surface area contributed by atoms with Crippen LogP contribution in [-0.2, 0) is 6.61 Å². The number of aryl methyl sites for hydroxylation is 1. The Morgan fingerprint density at radius 3 is 2.76 bits per heavy atom. The van der Waals surface area contributed by atoms with Gasteiger partial charge in [-0.15, -0.1) is 0 Å². The third kappa shape index (κ3) is 4.25. The highest BCUT2D eigenvalue weighted by Crippen LogP contribution is 2.52. The molecule has 3 atom stereocenters. The van der Waals surface area contributed by atoms with E-state index in [1.54, 1.807) is 13.2 Å². The lowest BCUT2D eigenvalue weighted by atomic mass is 9.76. The van der Waals surface area contributed by atoms with E-state index in [9.17, 15) is 0 Å². The molecule has 0 aromatic heterocycles. The zero-order valence-corrected chi connectivity index (χ0v) is 21.5. The summed E-state index contributed by atoms with van der Waals surface area (Å²) in [5.74, 6) is 2.21. The van der Waals surface area contributed by atoms with Crippen LogP contribution in [0.15, 0.2) is 65.2 Å². The van der Waals surface area contributed by atoms with E-state index in [-0.39, 0.29) is 6.04 Å². The summed E-state index contributed by atoms with van der Waals surface area (Å²) in [7, 11) is 1.67. The first-order valence-corrected chi connectivity index (χ1v) is 12.5. The first kappa shape index (κ1) is 22.6. The number of rotatable bonds is 5. The molecule has 1 aliphatic carbocycles. The van der Waals surface area contributed by atoms with Crippen LogP contribution in [0.5, 0.6) is 11.5 Å². The molecule has 0 saturated heterocycles. The van der Waals surface area contributed by atoms with Gasteiger partial charge >= 0.3 is 0 Å². The number of methoxy groups -OCH3 is 1. The lowest BCUT2D eigenvalue weighted by Crippen LogP contribution is -2.29. The van der Waals surface area contributed by atoms with Crippen molar-refractivity contribution in [1.29, 1.82) is 0 Å². The number of halogens is 3. The summed E-state index contributed by atoms with van der Waals surface area (Å²) >= 11 is 16.1. The first-order chi connectivity index (χ1) is 16.0. The number of fused-ring (bicyclic) bond motifs is 3. The van der Waals surface area contributed by atoms with Crippen LogP contribution in [0.25, 0.3) is 0 Å². The molecule has 1 aliphatic heterocycles. The highest BCUT2D eigenvalue weighted by atomic mass is 79.9. The maximum Gasteiger partial charge on any atom is 0.175 e. The second-order valence-corrected chi connectivity index (χ2v) is 10.3. The van der Waals surface area contributed by atoms with Crippen LogP contribution < -0.4 is 14.8 Å². The number of anilines is 1. The van der Waals surface area contributed by atoms with Crippen LogP contribution >= 0.6 is 39.1 Å². The van der Waals surface area contributed by atoms with Gasteiger partial charge in [-0.05, 0) is 76.1 Å². The average Bonchev–Trinajstić information content (AvgIpc) is 3.29. The molecule has 3 nitrogen and oxygen atoms in total. The van der Waals surface area contributed by atoms with Gasteiger partial charge in [0.15, 0.2) is 11.5 Å². The molecule has 0 bridgehead atoms. The van der Waals surface area contributed by atoms with Gasteiger partial charge in [0.1, 0.15) is 6.61 Å². The van der Waals surface area contributed by atoms with Crippen molar-refractivity contribution < 1.29 is 9.47 Å². The van der Waals surface area contributed by atoms with Crippen molar-refractivity contribution in [2.75, 3.05) is 12.4 Å². The second kappa shape index (κ2) is 9.25. The summed E-state index contributed by atoms with van der Waals surface area (Å²) in [6, 6.07) is 16.3. The zero-order chi connectivity index (χ0) is 23.1. The van der Waals surface area contributed by atoms with Gasteiger partial charge < -0.3 is 14.8 Å². The molecule has 3 aromatic rings. The van der Waals surface area contributed by atoms with Crippen molar-refractivity contribution in [3.05, 3.63) is 97.5 Å². The van der Waals surface area contributed by atoms with E-state index in [0.29, 0.717) is 40.0 Å². The minimum atomic E-state index is 0.170. The summed E-state index contributed by atoms with van der Waals surface area (Å²) < 4.78 is 12.7. The number of para-hydroxylation sites is 1. The molecule has 0 amide bonds. The van der Waals surface area contributed by atoms with Gasteiger partial charge in [0.2, 0.25) is 0 Å². The smallest absolute Gasteiger partial charge is 0.175 e. The molecule has 5 rings (SSSR count). The molecule has 2 aliphatic rings. The first-order valence-electron chi connectivity index (χ1n) is 10.9. The summed E-state index contributed by atoms with van der Waals surface area (Å²) in [5, 5.41) is 5.01. The minimum absolute atomic E-state index is 0.170. The number of nitrogens with one attached hydrogen (secondary N) is 1. The largest absolute Gasteiger partial charge is 0.493 e. The molecule has 0 unspecified atom stereocenters. The van der Waals surface area contributed by atoms with Crippen LogP contribution in [0, 0.1) is 12.8 Å². The van der Waals surface area contributed by atoms with Gasteiger partial charge in [0.05, 0.1) is 17.6 Å². The third-order valence-corrected chi connectivity index (χ3v) is 7.78. The number of ether oxygens (including phenoxy) is 2. The highest BCUT2D eigenvalue weighted by Gasteiger charge is 2.38. The van der Waals surface area contributed by atoms with E-state index in [4.69, 9.17) is 32.7 Å². The molecule has 6 heteroatoms. The summed E-state index contributed by atoms with van der Waals surface area (Å²) in [4.78, 5) is 0. The Balaban J connectivity index is 1.46. The zero-order valence-electron chi connectivity index (χ0n) is 18.4. The number of allylic oxidation sites excluding steroid dienone is 2. The molecule has 170 valence electrons. The topological polar surface area (TPSA) is 30.5 Å². The number of benzene rings is 3. The van der Waals surface area contributed by atoms with Gasteiger partial charge in [-0.2, -0.15) is 0 Å². The Bertz CT molecular complexity index is 1240. The molecule has 33 heavy (non-hydrogen) atoms. The van der Waals surface area contributed by atoms with E-state index < -0.39 is 0 Å². The molecular formula is C27H24BrCl2NO2. The maximum atomic E-state index is 6.32. The molecule has 0 radical (unpaired) electrons. The predicted molar refractivity (Wildman–Crippen MR) is 139 cm³/mol. The van der Waals surface area contributed by atoms with E-state index in [1.807, 2.05) is 12.1 Å². The minimum Gasteiger partial charge on any atom is -0.493 e. The Kier molecular flexibility index (Phi) is 6.34. The highest BCUT2D eigenvalue weighted by molar-refractivity contribution is 9.10. The van der Waals surface area contributed by atoms with Gasteiger partial charge in [-0.3, -0.25) is 0 Å². The van der Waals surface area contributed by atoms with Crippen LogP contribution in [0.4, 0.5) is 5.69 Å². The number of hydrogen-bond donors (Lipinski definition) is 1. The molecule has 1 heterocycles. The molecule has 0 spiro atoms. The van der Waals surface area contributed by atoms with E-state index >= 15 is 0 Å². The van der Waals surface area contributed by atoms with Crippen molar-refractivity contribution in [1.82, 2.24) is 0 Å². The SMILES string of the molecule is COc1cc([C@@H]2Nc3c(C)cccc3[C@@H]3C=CC[C@@H]32)cc(Br)c1OCc1ccc(Cl)cc1Cl. The fourth-order valence-corrected chi connectivity index (χ4v) is 5.99. The third-order valence-electron chi connectivity index (χ3n) is 6.60. The monoisotopic (exact) mass is 543 g/mol. The summed E-state index contributed by atoms with van der Waals surface area (Å²) in [5.41, 5.74) is 5.92. The van der Waals surface area contributed by atoms with Crippen molar-refractivity contribution in [3.63, 3.8) is 0 Å². The van der Waals surface area contributed by atoms with E-state index in [2.05, 4.69) is 70.7 Å². The summed E-state index contributed by atoms with van der Waals surface area (Å²) in [6.07, 6.45) is 5.71. The molecule has 3 aromatic carbocycles. The van der Waals surface area contributed by atoms with Gasteiger partial charge in [-0.1, -0.05) is 59.6 Å². The number of hydrogen-bond acceptors (Lipinski definition) is 3. The van der Waals surface area contributed by atoms with E-state index in [0.717, 1.165) is 16.5 Å². The molecule has 0 fully saturated rings. The van der Waals surface area contributed by atoms with Crippen molar-refractivity contribution in [2.45, 2.75) is 31.9 Å². The Hall–Kier alpha value is -2.14. The lowest BCUT2D eigenvalue weighted by molar-refractivity contribution is 0.282. The Labute approximate surface area is 212 Å². The normalized spacial score (nSPS) is 20.7. The standard InChI is InChI=1S/C27H24BrCl2NO2/c1-15-5-3-7-20-19-6-4-8-21(19)26(31-25(15)20)17-11-22(28)27(24(12-17)32-2)33-14-16-9-10-18(29)13-23(16)30/h3-7,9-13,19,21,26,31H,8,14H2,1-2H3/t19-,21-,26-/m0/s1. The van der Waals surface area contributed by atoms with Crippen molar-refractivity contribution in [2.24, 2.45) is 5.92 Å². The van der Waals surface area contributed by atoms with Crippen LogP contribution in [0.2, 0.25) is 10.0 Å². The average molecular weight is 545 g/mol. The Morgan fingerprint density at radius 1 is 1.12 bits per heavy atom. The van der Waals surface area contributed by atoms with Crippen LogP contribution in [-0.4, -0.2) is 7.11 Å². The fourth-order valence-electron chi connectivity index (χ4n) is 4.96. The van der Waals surface area contributed by atoms with Gasteiger partial charge in [0, 0.05) is 27.2 Å². The maximum absolute atomic E-state index is 6.32. The van der Waals surface area contributed by atoms with Crippen molar-refractivity contribution >= 4 is 44.8 Å².